The molecule has 3 N–H and O–H groups in total. The molecule has 8 heteroatoms. The van der Waals surface area contributed by atoms with Gasteiger partial charge in [-0.3, -0.25) is 9.59 Å². The Bertz CT molecular complexity index is 593. The fourth-order valence-corrected chi connectivity index (χ4v) is 2.87. The number of primary amides is 1. The molecular weight excluding hydrogens is 306 g/mol. The largest absolute Gasteiger partial charge is 0.459 e. The third-order valence-corrected chi connectivity index (χ3v) is 3.85. The van der Waals surface area contributed by atoms with Crippen LogP contribution >= 0.6 is 11.3 Å². The summed E-state index contributed by atoms with van der Waals surface area (Å²) in [6, 6.07) is 0. The van der Waals surface area contributed by atoms with Crippen LogP contribution in [0.1, 0.15) is 39.4 Å². The van der Waals surface area contributed by atoms with Crippen molar-refractivity contribution < 1.29 is 19.1 Å². The Balaban J connectivity index is 3.19. The summed E-state index contributed by atoms with van der Waals surface area (Å²) in [5.74, 6) is -1.52. The van der Waals surface area contributed by atoms with Crippen molar-refractivity contribution in [3.05, 3.63) is 16.0 Å². The molecule has 0 aliphatic carbocycles. The number of ether oxygens (including phenoxy) is 1. The molecule has 1 aromatic rings. The Morgan fingerprint density at radius 1 is 1.32 bits per heavy atom. The van der Waals surface area contributed by atoms with Gasteiger partial charge in [0.05, 0.1) is 23.1 Å². The molecule has 122 valence electrons. The maximum atomic E-state index is 12.2. The molecule has 0 radical (unpaired) electrons. The SMILES string of the molecule is Cc1c(C(N)=O)sc(NC(=O)CN(C)C)c1C(=O)OC(C)C. The highest BCUT2D eigenvalue weighted by Gasteiger charge is 2.26. The van der Waals surface area contributed by atoms with Crippen LogP contribution in [0.3, 0.4) is 0 Å². The third-order valence-electron chi connectivity index (χ3n) is 2.63. The lowest BCUT2D eigenvalue weighted by molar-refractivity contribution is -0.116. The molecule has 0 fully saturated rings. The Morgan fingerprint density at radius 3 is 2.36 bits per heavy atom. The van der Waals surface area contributed by atoms with Gasteiger partial charge in [-0.2, -0.15) is 0 Å². The molecule has 0 aliphatic rings. The molecule has 0 spiro atoms. The summed E-state index contributed by atoms with van der Waals surface area (Å²) in [7, 11) is 3.50. The molecule has 1 heterocycles. The van der Waals surface area contributed by atoms with E-state index in [-0.39, 0.29) is 34.0 Å². The van der Waals surface area contributed by atoms with Crippen LogP contribution in [0, 0.1) is 6.92 Å². The first kappa shape index (κ1) is 18.1. The van der Waals surface area contributed by atoms with Crippen molar-refractivity contribution >= 4 is 34.1 Å². The van der Waals surface area contributed by atoms with E-state index in [0.717, 1.165) is 11.3 Å². The zero-order chi connectivity index (χ0) is 17.0. The van der Waals surface area contributed by atoms with Gasteiger partial charge in [-0.05, 0) is 40.4 Å². The van der Waals surface area contributed by atoms with Crippen molar-refractivity contribution in [3.8, 4) is 0 Å². The molecule has 0 aliphatic heterocycles. The van der Waals surface area contributed by atoms with Gasteiger partial charge in [-0.1, -0.05) is 0 Å². The molecule has 0 saturated heterocycles. The molecular formula is C14H21N3O4S. The van der Waals surface area contributed by atoms with Crippen LogP contribution in [0.2, 0.25) is 0 Å². The average Bonchev–Trinajstić information content (AvgIpc) is 2.63. The van der Waals surface area contributed by atoms with Gasteiger partial charge in [0.1, 0.15) is 5.00 Å². The van der Waals surface area contributed by atoms with Crippen molar-refractivity contribution in [3.63, 3.8) is 0 Å². The molecule has 22 heavy (non-hydrogen) atoms. The van der Waals surface area contributed by atoms with E-state index in [1.165, 1.54) is 0 Å². The second-order valence-corrected chi connectivity index (χ2v) is 6.39. The van der Waals surface area contributed by atoms with E-state index in [0.29, 0.717) is 5.56 Å². The third kappa shape index (κ3) is 4.54. The summed E-state index contributed by atoms with van der Waals surface area (Å²) in [5, 5.41) is 2.92. The molecule has 7 nitrogen and oxygen atoms in total. The second-order valence-electron chi connectivity index (χ2n) is 5.36. The summed E-state index contributed by atoms with van der Waals surface area (Å²) < 4.78 is 5.17. The number of likely N-dealkylation sites (N-methyl/N-ethyl adjacent to an activating group) is 1. The maximum absolute atomic E-state index is 12.2. The fourth-order valence-electron chi connectivity index (χ4n) is 1.81. The minimum atomic E-state index is -0.644. The van der Waals surface area contributed by atoms with Crippen molar-refractivity contribution in [2.75, 3.05) is 26.0 Å². The number of anilines is 1. The minimum Gasteiger partial charge on any atom is -0.459 e. The molecule has 0 bridgehead atoms. The van der Waals surface area contributed by atoms with Crippen LogP contribution < -0.4 is 11.1 Å². The van der Waals surface area contributed by atoms with E-state index in [9.17, 15) is 14.4 Å². The number of rotatable bonds is 6. The van der Waals surface area contributed by atoms with E-state index in [4.69, 9.17) is 10.5 Å². The first-order valence-corrected chi connectivity index (χ1v) is 7.53. The van der Waals surface area contributed by atoms with E-state index >= 15 is 0 Å². The minimum absolute atomic E-state index is 0.154. The van der Waals surface area contributed by atoms with Crippen molar-refractivity contribution in [2.45, 2.75) is 26.9 Å². The summed E-state index contributed by atoms with van der Waals surface area (Å²) in [4.78, 5) is 37.5. The molecule has 0 aromatic carbocycles. The summed E-state index contributed by atoms with van der Waals surface area (Å²) in [5.41, 5.74) is 5.91. The molecule has 0 unspecified atom stereocenters. The zero-order valence-electron chi connectivity index (χ0n) is 13.4. The van der Waals surface area contributed by atoms with Gasteiger partial charge in [-0.25, -0.2) is 4.79 Å². The Labute approximate surface area is 133 Å². The predicted octanol–water partition coefficient (Wildman–Crippen LogP) is 1.22. The summed E-state index contributed by atoms with van der Waals surface area (Å²) >= 11 is 0.979. The number of thiophene rings is 1. The number of amides is 2. The van der Waals surface area contributed by atoms with Gasteiger partial charge in [0.2, 0.25) is 5.91 Å². The lowest BCUT2D eigenvalue weighted by atomic mass is 10.1. The number of nitrogens with one attached hydrogen (secondary N) is 1. The highest BCUT2D eigenvalue weighted by molar-refractivity contribution is 7.18. The summed E-state index contributed by atoms with van der Waals surface area (Å²) in [6.45, 7) is 5.20. The highest BCUT2D eigenvalue weighted by atomic mass is 32.1. The van der Waals surface area contributed by atoms with Gasteiger partial charge in [-0.15, -0.1) is 11.3 Å². The first-order chi connectivity index (χ1) is 10.1. The Morgan fingerprint density at radius 2 is 1.91 bits per heavy atom. The zero-order valence-corrected chi connectivity index (χ0v) is 14.2. The number of hydrogen-bond acceptors (Lipinski definition) is 6. The quantitative estimate of drug-likeness (QED) is 0.765. The van der Waals surface area contributed by atoms with E-state index in [1.54, 1.807) is 39.8 Å². The van der Waals surface area contributed by atoms with E-state index in [2.05, 4.69) is 5.32 Å². The van der Waals surface area contributed by atoms with Crippen LogP contribution in [0.25, 0.3) is 0 Å². The van der Waals surface area contributed by atoms with E-state index < -0.39 is 11.9 Å². The lowest BCUT2D eigenvalue weighted by Crippen LogP contribution is -2.27. The molecule has 2 amide bonds. The predicted molar refractivity (Wildman–Crippen MR) is 85.3 cm³/mol. The smallest absolute Gasteiger partial charge is 0.341 e. The van der Waals surface area contributed by atoms with Crippen LogP contribution in [0.15, 0.2) is 0 Å². The number of nitrogens with zero attached hydrogens (tertiary/aromatic N) is 1. The van der Waals surface area contributed by atoms with Gasteiger partial charge >= 0.3 is 5.97 Å². The van der Waals surface area contributed by atoms with Crippen molar-refractivity contribution in [1.82, 2.24) is 4.90 Å². The fraction of sp³-hybridized carbons (Fsp3) is 0.500. The van der Waals surface area contributed by atoms with Gasteiger partial charge < -0.3 is 20.7 Å². The molecule has 1 aromatic heterocycles. The van der Waals surface area contributed by atoms with Crippen LogP contribution in [-0.2, 0) is 9.53 Å². The summed E-state index contributed by atoms with van der Waals surface area (Å²) in [6.07, 6.45) is -0.311. The number of carbonyl (C=O) groups is 3. The van der Waals surface area contributed by atoms with Crippen molar-refractivity contribution in [1.29, 1.82) is 0 Å². The Kier molecular flexibility index (Phi) is 6.07. The van der Waals surface area contributed by atoms with Gasteiger partial charge in [0.25, 0.3) is 5.91 Å². The average molecular weight is 327 g/mol. The van der Waals surface area contributed by atoms with E-state index in [1.807, 2.05) is 0 Å². The number of carbonyl (C=O) groups excluding carboxylic acids is 3. The molecule has 1 rings (SSSR count). The maximum Gasteiger partial charge on any atom is 0.341 e. The standard InChI is InChI=1S/C14H21N3O4S/c1-7(2)21-14(20)10-8(3)11(12(15)19)22-13(10)16-9(18)6-17(4)5/h7H,6H2,1-5H3,(H2,15,19)(H,16,18). The number of hydrogen-bond donors (Lipinski definition) is 2. The van der Waals surface area contributed by atoms with Crippen LogP contribution in [0.4, 0.5) is 5.00 Å². The monoisotopic (exact) mass is 327 g/mol. The number of esters is 1. The van der Waals surface area contributed by atoms with Crippen molar-refractivity contribution in [2.24, 2.45) is 5.73 Å². The van der Waals surface area contributed by atoms with Gasteiger partial charge in [0, 0.05) is 0 Å². The molecule has 0 saturated carbocycles. The highest BCUT2D eigenvalue weighted by Crippen LogP contribution is 2.33. The number of nitrogens with two attached hydrogens (primary N) is 1. The molecule has 0 atom stereocenters. The Hall–Kier alpha value is -1.93. The second kappa shape index (κ2) is 7.37. The van der Waals surface area contributed by atoms with Crippen LogP contribution in [-0.4, -0.2) is 49.4 Å². The van der Waals surface area contributed by atoms with Gasteiger partial charge in [0.15, 0.2) is 0 Å². The first-order valence-electron chi connectivity index (χ1n) is 6.72. The van der Waals surface area contributed by atoms with Crippen LogP contribution in [0.5, 0.6) is 0 Å². The topological polar surface area (TPSA) is 102 Å². The lowest BCUT2D eigenvalue weighted by Gasteiger charge is -2.12. The normalized spacial score (nSPS) is 10.9.